The Morgan fingerprint density at radius 3 is 2.70 bits per heavy atom. The maximum atomic E-state index is 5.56. The molecule has 0 aliphatic carbocycles. The minimum atomic E-state index is -0.0971. The van der Waals surface area contributed by atoms with Gasteiger partial charge in [-0.1, -0.05) is 6.07 Å². The minimum Gasteiger partial charge on any atom is -0.493 e. The average Bonchev–Trinajstić information content (AvgIpc) is 2.36. The second-order valence-electron chi connectivity index (χ2n) is 3.57. The van der Waals surface area contributed by atoms with Crippen LogP contribution in [0.15, 0.2) is 34.4 Å². The summed E-state index contributed by atoms with van der Waals surface area (Å²) < 4.78 is 6.70. The van der Waals surface area contributed by atoms with Crippen molar-refractivity contribution < 1.29 is 4.74 Å². The normalized spacial score (nSPS) is 10.3. The third kappa shape index (κ3) is 8.64. The number of hydrogen-bond donors (Lipinski definition) is 4. The first-order chi connectivity index (χ1) is 9.08. The van der Waals surface area contributed by atoms with Gasteiger partial charge in [0, 0.05) is 16.5 Å². The highest BCUT2D eigenvalue weighted by Gasteiger charge is 1.95. The van der Waals surface area contributed by atoms with E-state index >= 15 is 0 Å². The fourth-order valence-corrected chi connectivity index (χ4v) is 1.68. The second-order valence-corrected chi connectivity index (χ2v) is 4.82. The summed E-state index contributed by atoms with van der Waals surface area (Å²) in [6, 6.07) is 7.85. The molecule has 1 rings (SSSR count). The van der Waals surface area contributed by atoms with Crippen molar-refractivity contribution in [1.29, 1.82) is 0 Å². The van der Waals surface area contributed by atoms with Gasteiger partial charge >= 0.3 is 0 Å². The third-order valence-electron chi connectivity index (χ3n) is 1.95. The molecule has 0 atom stereocenters. The molecule has 0 amide bonds. The minimum absolute atomic E-state index is 0. The fourth-order valence-electron chi connectivity index (χ4n) is 1.17. The van der Waals surface area contributed by atoms with Crippen molar-refractivity contribution in [3.8, 4) is 5.75 Å². The first-order valence-electron chi connectivity index (χ1n) is 5.61. The van der Waals surface area contributed by atoms with Crippen molar-refractivity contribution in [2.75, 3.05) is 13.2 Å². The molecule has 9 heteroatoms. The van der Waals surface area contributed by atoms with Crippen LogP contribution in [-0.4, -0.2) is 25.1 Å². The van der Waals surface area contributed by atoms with Crippen LogP contribution < -0.4 is 27.4 Å². The molecule has 0 saturated carbocycles. The van der Waals surface area contributed by atoms with E-state index < -0.39 is 0 Å². The Morgan fingerprint density at radius 2 is 2.05 bits per heavy atom. The predicted molar refractivity (Wildman–Crippen MR) is 92.0 cm³/mol. The second kappa shape index (κ2) is 10.4. The molecule has 20 heavy (non-hydrogen) atoms. The van der Waals surface area contributed by atoms with Crippen molar-refractivity contribution in [1.82, 2.24) is 5.43 Å². The van der Waals surface area contributed by atoms with Crippen molar-refractivity contribution in [3.63, 3.8) is 0 Å². The Kier molecular flexibility index (Phi) is 9.64. The molecule has 0 fully saturated rings. The maximum absolute atomic E-state index is 5.56. The van der Waals surface area contributed by atoms with Gasteiger partial charge in [-0.2, -0.15) is 0 Å². The number of nitrogens with zero attached hydrogens (tertiary/aromatic N) is 2. The molecule has 0 radical (unpaired) electrons. The highest BCUT2D eigenvalue weighted by molar-refractivity contribution is 14.1. The summed E-state index contributed by atoms with van der Waals surface area (Å²) >= 11 is 2.24. The van der Waals surface area contributed by atoms with Gasteiger partial charge in [-0.3, -0.25) is 4.99 Å². The highest BCUT2D eigenvalue weighted by atomic mass is 127. The molecule has 0 aliphatic heterocycles. The number of guanidine groups is 2. The zero-order valence-electron chi connectivity index (χ0n) is 10.8. The van der Waals surface area contributed by atoms with Gasteiger partial charge in [-0.15, -0.1) is 17.5 Å². The van der Waals surface area contributed by atoms with Crippen LogP contribution in [0.5, 0.6) is 5.75 Å². The number of hydrazone groups is 1. The zero-order chi connectivity index (χ0) is 14.1. The summed E-state index contributed by atoms with van der Waals surface area (Å²) in [5.41, 5.74) is 18.2. The van der Waals surface area contributed by atoms with E-state index in [1.807, 2.05) is 24.3 Å². The van der Waals surface area contributed by atoms with Gasteiger partial charge in [-0.25, -0.2) is 5.43 Å². The first kappa shape index (κ1) is 18.6. The van der Waals surface area contributed by atoms with Crippen LogP contribution in [0.3, 0.4) is 0 Å². The van der Waals surface area contributed by atoms with Crippen LogP contribution in [0.4, 0.5) is 0 Å². The Labute approximate surface area is 137 Å². The summed E-state index contributed by atoms with van der Waals surface area (Å²) in [4.78, 5) is 4.03. The van der Waals surface area contributed by atoms with E-state index in [0.29, 0.717) is 13.2 Å². The molecule has 7 N–H and O–H groups in total. The lowest BCUT2D eigenvalue weighted by atomic mass is 10.3. The van der Waals surface area contributed by atoms with E-state index in [9.17, 15) is 0 Å². The number of rotatable bonds is 6. The summed E-state index contributed by atoms with van der Waals surface area (Å²) in [5.74, 6) is 0.922. The Hall–Kier alpha value is -1.42. The molecule has 1 aromatic carbocycles. The van der Waals surface area contributed by atoms with Gasteiger partial charge < -0.3 is 21.9 Å². The molecule has 0 heterocycles. The molecule has 0 bridgehead atoms. The van der Waals surface area contributed by atoms with Crippen molar-refractivity contribution in [3.05, 3.63) is 27.8 Å². The van der Waals surface area contributed by atoms with Crippen LogP contribution in [0, 0.1) is 3.57 Å². The van der Waals surface area contributed by atoms with Crippen molar-refractivity contribution in [2.45, 2.75) is 6.42 Å². The molecule has 112 valence electrons. The van der Waals surface area contributed by atoms with Crippen LogP contribution in [0.1, 0.15) is 6.42 Å². The smallest absolute Gasteiger partial charge is 0.209 e. The monoisotopic (exact) mass is 412 g/mol. The fraction of sp³-hybridized carbons (Fsp3) is 0.273. The van der Waals surface area contributed by atoms with Crippen LogP contribution in [0.25, 0.3) is 0 Å². The van der Waals surface area contributed by atoms with E-state index in [4.69, 9.17) is 21.9 Å². The van der Waals surface area contributed by atoms with Gasteiger partial charge in [0.2, 0.25) is 11.9 Å². The van der Waals surface area contributed by atoms with Gasteiger partial charge in [0.15, 0.2) is 0 Å². The summed E-state index contributed by atoms with van der Waals surface area (Å²) in [6.45, 7) is 1.10. The molecule has 0 aromatic heterocycles. The quantitative estimate of drug-likeness (QED) is 0.179. The lowest BCUT2D eigenvalue weighted by molar-refractivity contribution is 0.313. The summed E-state index contributed by atoms with van der Waals surface area (Å²) in [5, 5.41) is 3.52. The molecule has 1 aromatic rings. The Balaban J connectivity index is 0.00000361. The average molecular weight is 413 g/mol. The van der Waals surface area contributed by atoms with Gasteiger partial charge in [0.1, 0.15) is 5.75 Å². The van der Waals surface area contributed by atoms with Crippen LogP contribution in [0.2, 0.25) is 0 Å². The zero-order valence-corrected chi connectivity index (χ0v) is 13.7. The van der Waals surface area contributed by atoms with E-state index in [1.165, 1.54) is 0 Å². The van der Waals surface area contributed by atoms with E-state index in [2.05, 4.69) is 38.1 Å². The topological polar surface area (TPSA) is 124 Å². The first-order valence-corrected chi connectivity index (χ1v) is 6.68. The molecule has 7 nitrogen and oxygen atoms in total. The van der Waals surface area contributed by atoms with E-state index in [-0.39, 0.29) is 24.3 Å². The number of ether oxygens (including phenoxy) is 1. The standard InChI is InChI=1S/C11H17IN6O.ClH/c12-8-3-1-4-9(7-8)19-6-2-5-16-11(15)18-17-10(13)14;/h1,3-4,7H,2,5-6H2,(H4,13,14,17)(H3,15,16,18);1H. The highest BCUT2D eigenvalue weighted by Crippen LogP contribution is 2.14. The van der Waals surface area contributed by atoms with E-state index in [0.717, 1.165) is 15.7 Å². The van der Waals surface area contributed by atoms with Gasteiger partial charge in [0.05, 0.1) is 6.61 Å². The molecule has 0 unspecified atom stereocenters. The Bertz CT molecular complexity index is 464. The lowest BCUT2D eigenvalue weighted by Crippen LogP contribution is -2.33. The van der Waals surface area contributed by atoms with Gasteiger partial charge in [0.25, 0.3) is 0 Å². The maximum Gasteiger partial charge on any atom is 0.209 e. The number of aliphatic imine (C=N–C) groups is 1. The molecule has 0 saturated heterocycles. The Morgan fingerprint density at radius 1 is 1.30 bits per heavy atom. The molecular weight excluding hydrogens is 395 g/mol. The molecule has 0 spiro atoms. The molecular formula is C11H18ClIN6O. The summed E-state index contributed by atoms with van der Waals surface area (Å²) in [7, 11) is 0. The number of halogens is 2. The predicted octanol–water partition coefficient (Wildman–Crippen LogP) is 0.575. The van der Waals surface area contributed by atoms with Crippen molar-refractivity contribution >= 4 is 46.9 Å². The van der Waals surface area contributed by atoms with Crippen LogP contribution in [-0.2, 0) is 0 Å². The summed E-state index contributed by atoms with van der Waals surface area (Å²) in [6.07, 6.45) is 0.746. The number of nitrogens with two attached hydrogens (primary N) is 3. The number of nitrogens with one attached hydrogen (secondary N) is 1. The van der Waals surface area contributed by atoms with Crippen molar-refractivity contribution in [2.24, 2.45) is 27.3 Å². The number of hydrogen-bond acceptors (Lipinski definition) is 3. The van der Waals surface area contributed by atoms with Crippen LogP contribution >= 0.6 is 35.0 Å². The molecule has 0 aliphatic rings. The largest absolute Gasteiger partial charge is 0.493 e. The third-order valence-corrected chi connectivity index (χ3v) is 2.62. The van der Waals surface area contributed by atoms with E-state index in [1.54, 1.807) is 0 Å². The SMILES string of the molecule is Cl.NC(N)=NNC(N)=NCCCOc1cccc(I)c1. The number of benzene rings is 1. The van der Waals surface area contributed by atoms with Gasteiger partial charge in [-0.05, 0) is 40.8 Å². The lowest BCUT2D eigenvalue weighted by Gasteiger charge is -2.05.